The summed E-state index contributed by atoms with van der Waals surface area (Å²) in [6.45, 7) is 12.3. The van der Waals surface area contributed by atoms with Crippen molar-refractivity contribution < 1.29 is 0 Å². The summed E-state index contributed by atoms with van der Waals surface area (Å²) in [5.74, 6) is 0.676. The summed E-state index contributed by atoms with van der Waals surface area (Å²) >= 11 is 6.46. The zero-order valence-corrected chi connectivity index (χ0v) is 13.1. The lowest BCUT2D eigenvalue weighted by atomic mass is 10.0. The molecule has 0 atom stereocenters. The Balaban J connectivity index is 2.05. The van der Waals surface area contributed by atoms with Gasteiger partial charge in [0, 0.05) is 26.2 Å². The van der Waals surface area contributed by atoms with Crippen molar-refractivity contribution in [3.05, 3.63) is 28.8 Å². The first-order chi connectivity index (χ1) is 9.10. The van der Waals surface area contributed by atoms with Gasteiger partial charge in [0.05, 0.1) is 10.7 Å². The summed E-state index contributed by atoms with van der Waals surface area (Å²) in [4.78, 5) is 4.89. The van der Waals surface area contributed by atoms with Crippen molar-refractivity contribution >= 4 is 17.3 Å². The molecule has 1 heterocycles. The minimum atomic E-state index is 0.676. The number of hydrogen-bond donors (Lipinski definition) is 0. The molecule has 3 heteroatoms. The maximum Gasteiger partial charge on any atom is 0.0642 e. The molecule has 2 nitrogen and oxygen atoms in total. The predicted octanol–water partition coefficient (Wildman–Crippen LogP) is 3.68. The fourth-order valence-electron chi connectivity index (χ4n) is 2.71. The number of hydrogen-bond acceptors (Lipinski definition) is 2. The van der Waals surface area contributed by atoms with Gasteiger partial charge >= 0.3 is 0 Å². The van der Waals surface area contributed by atoms with E-state index in [9.17, 15) is 0 Å². The molecule has 106 valence electrons. The Bertz CT molecular complexity index is 409. The Kier molecular flexibility index (Phi) is 5.12. The van der Waals surface area contributed by atoms with Crippen molar-refractivity contribution in [3.63, 3.8) is 0 Å². The minimum Gasteiger partial charge on any atom is -0.368 e. The molecular formula is C16H25ClN2. The number of halogens is 1. The van der Waals surface area contributed by atoms with Gasteiger partial charge in [-0.2, -0.15) is 0 Å². The van der Waals surface area contributed by atoms with Gasteiger partial charge in [0.2, 0.25) is 0 Å². The number of likely N-dealkylation sites (N-methyl/N-ethyl adjacent to an activating group) is 1. The average molecular weight is 281 g/mol. The van der Waals surface area contributed by atoms with Gasteiger partial charge < -0.3 is 9.80 Å². The van der Waals surface area contributed by atoms with E-state index >= 15 is 0 Å². The van der Waals surface area contributed by atoms with Crippen LogP contribution in [0.2, 0.25) is 5.02 Å². The monoisotopic (exact) mass is 280 g/mol. The Morgan fingerprint density at radius 1 is 1.16 bits per heavy atom. The van der Waals surface area contributed by atoms with E-state index in [0.717, 1.165) is 44.2 Å². The fourth-order valence-corrected chi connectivity index (χ4v) is 3.03. The molecule has 1 aromatic carbocycles. The molecule has 0 radical (unpaired) electrons. The van der Waals surface area contributed by atoms with Crippen LogP contribution >= 0.6 is 11.6 Å². The lowest BCUT2D eigenvalue weighted by molar-refractivity contribution is 0.271. The van der Waals surface area contributed by atoms with Crippen LogP contribution in [-0.4, -0.2) is 37.6 Å². The second-order valence-corrected chi connectivity index (χ2v) is 6.21. The van der Waals surface area contributed by atoms with Crippen molar-refractivity contribution in [1.82, 2.24) is 4.90 Å². The van der Waals surface area contributed by atoms with Gasteiger partial charge in [0.15, 0.2) is 0 Å². The highest BCUT2D eigenvalue weighted by atomic mass is 35.5. The van der Waals surface area contributed by atoms with Gasteiger partial charge in [0.1, 0.15) is 0 Å². The summed E-state index contributed by atoms with van der Waals surface area (Å²) in [5, 5.41) is 0.906. The molecule has 1 aliphatic rings. The first kappa shape index (κ1) is 14.7. The first-order valence-electron chi connectivity index (χ1n) is 7.36. The van der Waals surface area contributed by atoms with Gasteiger partial charge in [-0.3, -0.25) is 0 Å². The normalized spacial score (nSPS) is 17.2. The van der Waals surface area contributed by atoms with E-state index in [1.54, 1.807) is 0 Å². The van der Waals surface area contributed by atoms with Crippen LogP contribution in [0.15, 0.2) is 18.2 Å². The van der Waals surface area contributed by atoms with E-state index in [2.05, 4.69) is 48.8 Å². The third kappa shape index (κ3) is 3.87. The first-order valence-corrected chi connectivity index (χ1v) is 7.73. The van der Waals surface area contributed by atoms with Gasteiger partial charge in [-0.15, -0.1) is 0 Å². The predicted molar refractivity (Wildman–Crippen MR) is 84.3 cm³/mol. The second kappa shape index (κ2) is 6.62. The second-order valence-electron chi connectivity index (χ2n) is 5.81. The van der Waals surface area contributed by atoms with Gasteiger partial charge in [-0.05, 0) is 36.6 Å². The molecule has 1 aromatic rings. The van der Waals surface area contributed by atoms with Crippen molar-refractivity contribution in [3.8, 4) is 0 Å². The Labute approximate surface area is 122 Å². The van der Waals surface area contributed by atoms with Crippen LogP contribution in [-0.2, 0) is 6.42 Å². The van der Waals surface area contributed by atoms with Crippen molar-refractivity contribution in [2.75, 3.05) is 37.6 Å². The molecule has 19 heavy (non-hydrogen) atoms. The molecule has 0 spiro atoms. The largest absolute Gasteiger partial charge is 0.368 e. The number of benzene rings is 1. The van der Waals surface area contributed by atoms with E-state index in [-0.39, 0.29) is 0 Å². The van der Waals surface area contributed by atoms with Crippen molar-refractivity contribution in [2.45, 2.75) is 27.2 Å². The van der Waals surface area contributed by atoms with Crippen LogP contribution < -0.4 is 4.90 Å². The maximum atomic E-state index is 6.46. The molecular weight excluding hydrogens is 256 g/mol. The lowest BCUT2D eigenvalue weighted by Gasteiger charge is -2.36. The Morgan fingerprint density at radius 2 is 1.84 bits per heavy atom. The van der Waals surface area contributed by atoms with Crippen LogP contribution in [0.4, 0.5) is 5.69 Å². The topological polar surface area (TPSA) is 6.48 Å². The zero-order chi connectivity index (χ0) is 13.8. The molecule has 0 aromatic heterocycles. The molecule has 0 amide bonds. The minimum absolute atomic E-state index is 0.676. The molecule has 0 aliphatic carbocycles. The molecule has 2 rings (SSSR count). The highest BCUT2D eigenvalue weighted by Gasteiger charge is 2.17. The summed E-state index contributed by atoms with van der Waals surface area (Å²) in [6, 6.07) is 6.57. The highest BCUT2D eigenvalue weighted by Crippen LogP contribution is 2.28. The van der Waals surface area contributed by atoms with E-state index in [1.165, 1.54) is 11.3 Å². The maximum absolute atomic E-state index is 6.46. The van der Waals surface area contributed by atoms with Crippen molar-refractivity contribution in [1.29, 1.82) is 0 Å². The van der Waals surface area contributed by atoms with E-state index in [4.69, 9.17) is 11.6 Å². The van der Waals surface area contributed by atoms with Crippen LogP contribution in [0.5, 0.6) is 0 Å². The number of nitrogens with zero attached hydrogens (tertiary/aromatic N) is 2. The molecule has 1 fully saturated rings. The summed E-state index contributed by atoms with van der Waals surface area (Å²) in [6.07, 6.45) is 1.10. The SMILES string of the molecule is CCN1CCN(c2ccc(CC(C)C)cc2Cl)CC1. The summed E-state index contributed by atoms with van der Waals surface area (Å²) in [7, 11) is 0. The Hall–Kier alpha value is -0.730. The zero-order valence-electron chi connectivity index (χ0n) is 12.3. The fraction of sp³-hybridized carbons (Fsp3) is 0.625. The lowest BCUT2D eigenvalue weighted by Crippen LogP contribution is -2.46. The summed E-state index contributed by atoms with van der Waals surface area (Å²) in [5.41, 5.74) is 2.54. The summed E-state index contributed by atoms with van der Waals surface area (Å²) < 4.78 is 0. The van der Waals surface area contributed by atoms with E-state index in [0.29, 0.717) is 5.92 Å². The Morgan fingerprint density at radius 3 is 2.37 bits per heavy atom. The van der Waals surface area contributed by atoms with Crippen LogP contribution in [0.1, 0.15) is 26.3 Å². The van der Waals surface area contributed by atoms with E-state index in [1.807, 2.05) is 0 Å². The van der Waals surface area contributed by atoms with Crippen LogP contribution in [0.3, 0.4) is 0 Å². The third-order valence-electron chi connectivity index (χ3n) is 3.82. The van der Waals surface area contributed by atoms with Gasteiger partial charge in [-0.25, -0.2) is 0 Å². The van der Waals surface area contributed by atoms with Gasteiger partial charge in [0.25, 0.3) is 0 Å². The highest BCUT2D eigenvalue weighted by molar-refractivity contribution is 6.33. The smallest absolute Gasteiger partial charge is 0.0642 e. The molecule has 0 saturated carbocycles. The molecule has 1 aliphatic heterocycles. The molecule has 0 unspecified atom stereocenters. The quantitative estimate of drug-likeness (QED) is 0.830. The number of rotatable bonds is 4. The number of piperazine rings is 1. The van der Waals surface area contributed by atoms with Crippen molar-refractivity contribution in [2.24, 2.45) is 5.92 Å². The molecule has 1 saturated heterocycles. The van der Waals surface area contributed by atoms with Gasteiger partial charge in [-0.1, -0.05) is 38.4 Å². The van der Waals surface area contributed by atoms with Crippen LogP contribution in [0, 0.1) is 5.92 Å². The van der Waals surface area contributed by atoms with Crippen LogP contribution in [0.25, 0.3) is 0 Å². The molecule has 0 bridgehead atoms. The average Bonchev–Trinajstić information content (AvgIpc) is 2.38. The molecule has 0 N–H and O–H groups in total. The third-order valence-corrected chi connectivity index (χ3v) is 4.12. The van der Waals surface area contributed by atoms with E-state index < -0.39 is 0 Å². The standard InChI is InChI=1S/C16H25ClN2/c1-4-18-7-9-19(10-8-18)16-6-5-14(11-13(2)3)12-15(16)17/h5-6,12-13H,4,7-11H2,1-3H3. The number of anilines is 1.